The maximum atomic E-state index is 6.26. The molecule has 3 nitrogen and oxygen atoms in total. The van der Waals surface area contributed by atoms with Gasteiger partial charge in [0.25, 0.3) is 0 Å². The third-order valence-electron chi connectivity index (χ3n) is 3.35. The molecule has 1 aromatic rings. The van der Waals surface area contributed by atoms with Crippen LogP contribution in [0.5, 0.6) is 0 Å². The van der Waals surface area contributed by atoms with Gasteiger partial charge in [-0.3, -0.25) is 4.68 Å². The second-order valence-electron chi connectivity index (χ2n) is 4.68. The highest BCUT2D eigenvalue weighted by Gasteiger charge is 2.31. The van der Waals surface area contributed by atoms with Gasteiger partial charge < -0.3 is 5.32 Å². The summed E-state index contributed by atoms with van der Waals surface area (Å²) in [6.07, 6.45) is 3.72. The van der Waals surface area contributed by atoms with E-state index in [0.29, 0.717) is 6.04 Å². The van der Waals surface area contributed by atoms with E-state index in [-0.39, 0.29) is 0 Å². The van der Waals surface area contributed by atoms with E-state index in [1.54, 1.807) is 4.68 Å². The Morgan fingerprint density at radius 1 is 1.56 bits per heavy atom. The largest absolute Gasteiger partial charge is 0.314 e. The highest BCUT2D eigenvalue weighted by atomic mass is 35.5. The monoisotopic (exact) mass is 241 g/mol. The summed E-state index contributed by atoms with van der Waals surface area (Å²) in [6.45, 7) is 5.22. The number of nitrogens with one attached hydrogen (secondary N) is 1. The van der Waals surface area contributed by atoms with E-state index in [4.69, 9.17) is 11.6 Å². The van der Waals surface area contributed by atoms with Crippen LogP contribution in [0, 0.1) is 12.8 Å². The van der Waals surface area contributed by atoms with Gasteiger partial charge in [0.1, 0.15) is 5.15 Å². The Morgan fingerprint density at radius 3 is 2.69 bits per heavy atom. The highest BCUT2D eigenvalue weighted by Crippen LogP contribution is 2.35. The van der Waals surface area contributed by atoms with Crippen LogP contribution < -0.4 is 5.32 Å². The average molecular weight is 242 g/mol. The summed E-state index contributed by atoms with van der Waals surface area (Å²) in [5.74, 6) is 0.843. The summed E-state index contributed by atoms with van der Waals surface area (Å²) in [5, 5.41) is 8.71. The number of likely N-dealkylation sites (N-methyl/N-ethyl adjacent to an activating group) is 1. The third kappa shape index (κ3) is 2.41. The molecule has 4 heteroatoms. The molecule has 1 saturated carbocycles. The minimum absolute atomic E-state index is 0.574. The number of nitrogens with zero attached hydrogens (tertiary/aromatic N) is 2. The molecule has 0 radical (unpaired) electrons. The first-order valence-corrected chi connectivity index (χ1v) is 6.42. The molecule has 16 heavy (non-hydrogen) atoms. The van der Waals surface area contributed by atoms with Crippen molar-refractivity contribution < 1.29 is 0 Å². The minimum Gasteiger partial charge on any atom is -0.314 e. The van der Waals surface area contributed by atoms with Gasteiger partial charge in [0.05, 0.1) is 5.69 Å². The Balaban J connectivity index is 2.11. The Labute approximate surface area is 102 Å². The van der Waals surface area contributed by atoms with Gasteiger partial charge in [-0.2, -0.15) is 5.10 Å². The molecule has 90 valence electrons. The van der Waals surface area contributed by atoms with Crippen LogP contribution in [0.2, 0.25) is 5.15 Å². The molecule has 2 rings (SSSR count). The van der Waals surface area contributed by atoms with E-state index in [2.05, 4.69) is 17.3 Å². The molecular weight excluding hydrogens is 222 g/mol. The van der Waals surface area contributed by atoms with E-state index >= 15 is 0 Å². The van der Waals surface area contributed by atoms with Crippen molar-refractivity contribution >= 4 is 11.6 Å². The molecular formula is C12H20ClN3. The summed E-state index contributed by atoms with van der Waals surface area (Å²) >= 11 is 6.26. The molecule has 0 aliphatic heterocycles. The number of aryl methyl sites for hydroxylation is 2. The second kappa shape index (κ2) is 4.76. The maximum Gasteiger partial charge on any atom is 0.130 e. The lowest BCUT2D eigenvalue weighted by Gasteiger charge is -2.17. The smallest absolute Gasteiger partial charge is 0.130 e. The summed E-state index contributed by atoms with van der Waals surface area (Å²) in [5.41, 5.74) is 2.28. The lowest BCUT2D eigenvalue weighted by Crippen LogP contribution is -2.33. The fraction of sp³-hybridized carbons (Fsp3) is 0.750. The second-order valence-corrected chi connectivity index (χ2v) is 5.04. The lowest BCUT2D eigenvalue weighted by molar-refractivity contribution is 0.472. The van der Waals surface area contributed by atoms with Gasteiger partial charge >= 0.3 is 0 Å². The number of halogens is 1. The van der Waals surface area contributed by atoms with Crippen LogP contribution in [-0.4, -0.2) is 22.4 Å². The van der Waals surface area contributed by atoms with Crippen LogP contribution in [0.25, 0.3) is 0 Å². The van der Waals surface area contributed by atoms with Crippen molar-refractivity contribution in [1.82, 2.24) is 15.1 Å². The van der Waals surface area contributed by atoms with Crippen LogP contribution in [-0.2, 0) is 13.5 Å². The molecule has 1 heterocycles. The molecule has 1 atom stereocenters. The number of rotatable bonds is 5. The van der Waals surface area contributed by atoms with Crippen molar-refractivity contribution in [2.24, 2.45) is 13.0 Å². The molecule has 1 unspecified atom stereocenters. The fourth-order valence-electron chi connectivity index (χ4n) is 2.29. The van der Waals surface area contributed by atoms with Crippen LogP contribution in [0.1, 0.15) is 31.0 Å². The molecule has 0 bridgehead atoms. The van der Waals surface area contributed by atoms with Gasteiger partial charge in [-0.05, 0) is 38.6 Å². The van der Waals surface area contributed by atoms with Crippen molar-refractivity contribution in [3.63, 3.8) is 0 Å². The zero-order valence-corrected chi connectivity index (χ0v) is 11.0. The van der Waals surface area contributed by atoms with E-state index in [0.717, 1.165) is 29.7 Å². The van der Waals surface area contributed by atoms with Gasteiger partial charge in [-0.15, -0.1) is 0 Å². The summed E-state index contributed by atoms with van der Waals surface area (Å²) in [7, 11) is 1.90. The third-order valence-corrected chi connectivity index (χ3v) is 3.82. The van der Waals surface area contributed by atoms with Crippen LogP contribution in [0.4, 0.5) is 0 Å². The Bertz CT molecular complexity index is 369. The Kier molecular flexibility index (Phi) is 3.55. The van der Waals surface area contributed by atoms with Crippen LogP contribution >= 0.6 is 11.6 Å². The van der Waals surface area contributed by atoms with E-state index in [1.807, 2.05) is 14.0 Å². The first-order valence-electron chi connectivity index (χ1n) is 6.04. The Morgan fingerprint density at radius 2 is 2.25 bits per heavy atom. The molecule has 1 aromatic heterocycles. The molecule has 1 N–H and O–H groups in total. The quantitative estimate of drug-likeness (QED) is 0.858. The van der Waals surface area contributed by atoms with Crippen molar-refractivity contribution in [2.45, 2.75) is 39.2 Å². The van der Waals surface area contributed by atoms with Crippen molar-refractivity contribution in [3.8, 4) is 0 Å². The van der Waals surface area contributed by atoms with Crippen LogP contribution in [0.15, 0.2) is 0 Å². The fourth-order valence-corrected chi connectivity index (χ4v) is 2.54. The van der Waals surface area contributed by atoms with E-state index in [9.17, 15) is 0 Å². The molecule has 1 aliphatic carbocycles. The molecule has 1 aliphatic rings. The van der Waals surface area contributed by atoms with Gasteiger partial charge in [0.2, 0.25) is 0 Å². The highest BCUT2D eigenvalue weighted by molar-refractivity contribution is 6.30. The molecule has 0 spiro atoms. The first kappa shape index (κ1) is 11.9. The van der Waals surface area contributed by atoms with Crippen LogP contribution in [0.3, 0.4) is 0 Å². The van der Waals surface area contributed by atoms with Crippen molar-refractivity contribution in [2.75, 3.05) is 6.54 Å². The molecule has 1 fully saturated rings. The Hall–Kier alpha value is -0.540. The van der Waals surface area contributed by atoms with E-state index < -0.39 is 0 Å². The standard InChI is InChI=1S/C12H20ClN3/c1-4-14-11(9-5-6-9)7-10-8(2)15-16(3)12(10)13/h9,11,14H,4-7H2,1-3H3. The molecule has 0 amide bonds. The first-order chi connectivity index (χ1) is 7.63. The summed E-state index contributed by atoms with van der Waals surface area (Å²) in [6, 6.07) is 0.574. The topological polar surface area (TPSA) is 29.9 Å². The molecule has 0 aromatic carbocycles. The predicted octanol–water partition coefficient (Wildman–Crippen LogP) is 2.31. The van der Waals surface area contributed by atoms with Gasteiger partial charge in [-0.25, -0.2) is 0 Å². The SMILES string of the molecule is CCNC(Cc1c(C)nn(C)c1Cl)C1CC1. The van der Waals surface area contributed by atoms with E-state index in [1.165, 1.54) is 18.4 Å². The molecule has 0 saturated heterocycles. The zero-order valence-electron chi connectivity index (χ0n) is 10.3. The number of aromatic nitrogens is 2. The number of hydrogen-bond donors (Lipinski definition) is 1. The van der Waals surface area contributed by atoms with Gasteiger partial charge in [-0.1, -0.05) is 18.5 Å². The lowest BCUT2D eigenvalue weighted by atomic mass is 10.0. The minimum atomic E-state index is 0.574. The predicted molar refractivity (Wildman–Crippen MR) is 66.8 cm³/mol. The summed E-state index contributed by atoms with van der Waals surface area (Å²) < 4.78 is 1.77. The summed E-state index contributed by atoms with van der Waals surface area (Å²) in [4.78, 5) is 0. The maximum absolute atomic E-state index is 6.26. The normalized spacial score (nSPS) is 17.8. The average Bonchev–Trinajstić information content (AvgIpc) is 3.03. The zero-order chi connectivity index (χ0) is 11.7. The van der Waals surface area contributed by atoms with Gasteiger partial charge in [0.15, 0.2) is 0 Å². The van der Waals surface area contributed by atoms with Crippen molar-refractivity contribution in [3.05, 3.63) is 16.4 Å². The van der Waals surface area contributed by atoms with Crippen molar-refractivity contribution in [1.29, 1.82) is 0 Å². The van der Waals surface area contributed by atoms with Gasteiger partial charge in [0, 0.05) is 18.7 Å². The number of hydrogen-bond acceptors (Lipinski definition) is 2.